The molecule has 7 heteroatoms. The van der Waals surface area contributed by atoms with Crippen LogP contribution in [0.25, 0.3) is 21.3 Å². The molecule has 0 aliphatic carbocycles. The standard InChI is InChI=1S/C26H21FN4OS/c27-22-11-12-23-24(17-22)33-26(29-23)31(15-4-14-30-16-13-28-18-30)25(32)21-9-7-20(8-10-21)19-5-2-1-3-6-19/h1-3,5-13,16-18H,4,14-15H2. The Morgan fingerprint density at radius 2 is 1.79 bits per heavy atom. The second kappa shape index (κ2) is 9.34. The van der Waals surface area contributed by atoms with Crippen molar-refractivity contribution in [3.05, 3.63) is 103 Å². The number of carbonyl (C=O) groups is 1. The molecular formula is C26H21FN4OS. The Kier molecular flexibility index (Phi) is 5.95. The molecule has 2 aromatic heterocycles. The molecule has 0 saturated carbocycles. The van der Waals surface area contributed by atoms with E-state index in [0.717, 1.165) is 28.8 Å². The lowest BCUT2D eigenvalue weighted by molar-refractivity contribution is 0.0986. The number of aromatic nitrogens is 3. The largest absolute Gasteiger partial charge is 0.337 e. The maximum atomic E-state index is 13.7. The number of fused-ring (bicyclic) bond motifs is 1. The number of imidazole rings is 1. The SMILES string of the molecule is O=C(c1ccc(-c2ccccc2)cc1)N(CCCn1ccnc1)c1nc2ccc(F)cc2s1. The molecule has 2 heterocycles. The first-order valence-electron chi connectivity index (χ1n) is 10.7. The van der Waals surface area contributed by atoms with E-state index in [2.05, 4.69) is 9.97 Å². The van der Waals surface area contributed by atoms with Crippen molar-refractivity contribution in [1.29, 1.82) is 0 Å². The molecule has 0 unspecified atom stereocenters. The predicted molar refractivity (Wildman–Crippen MR) is 130 cm³/mol. The van der Waals surface area contributed by atoms with Crippen LogP contribution < -0.4 is 4.90 Å². The highest BCUT2D eigenvalue weighted by Gasteiger charge is 2.21. The fourth-order valence-corrected chi connectivity index (χ4v) is 4.72. The Morgan fingerprint density at radius 1 is 1.00 bits per heavy atom. The van der Waals surface area contributed by atoms with Crippen molar-refractivity contribution in [2.24, 2.45) is 0 Å². The van der Waals surface area contributed by atoms with Gasteiger partial charge in [-0.1, -0.05) is 53.8 Å². The topological polar surface area (TPSA) is 51.0 Å². The fourth-order valence-electron chi connectivity index (χ4n) is 3.71. The molecule has 0 spiro atoms. The van der Waals surface area contributed by atoms with Gasteiger partial charge >= 0.3 is 0 Å². The zero-order chi connectivity index (χ0) is 22.6. The molecule has 33 heavy (non-hydrogen) atoms. The molecule has 0 N–H and O–H groups in total. The molecule has 0 radical (unpaired) electrons. The van der Waals surface area contributed by atoms with Crippen LogP contribution in [0.3, 0.4) is 0 Å². The van der Waals surface area contributed by atoms with Crippen molar-refractivity contribution in [2.45, 2.75) is 13.0 Å². The molecular weight excluding hydrogens is 435 g/mol. The number of hydrogen-bond acceptors (Lipinski definition) is 4. The van der Waals surface area contributed by atoms with Crippen molar-refractivity contribution in [2.75, 3.05) is 11.4 Å². The van der Waals surface area contributed by atoms with Gasteiger partial charge in [-0.15, -0.1) is 0 Å². The zero-order valence-corrected chi connectivity index (χ0v) is 18.6. The van der Waals surface area contributed by atoms with Crippen molar-refractivity contribution in [3.63, 3.8) is 0 Å². The van der Waals surface area contributed by atoms with E-state index in [1.54, 1.807) is 23.5 Å². The highest BCUT2D eigenvalue weighted by Crippen LogP contribution is 2.31. The fraction of sp³-hybridized carbons (Fsp3) is 0.115. The Labute approximate surface area is 194 Å². The second-order valence-corrected chi connectivity index (χ2v) is 8.67. The van der Waals surface area contributed by atoms with Gasteiger partial charge in [-0.05, 0) is 47.9 Å². The van der Waals surface area contributed by atoms with Gasteiger partial charge in [-0.2, -0.15) is 0 Å². The predicted octanol–water partition coefficient (Wildman–Crippen LogP) is 6.04. The number of rotatable bonds is 7. The number of nitrogens with zero attached hydrogens (tertiary/aromatic N) is 4. The average Bonchev–Trinajstić information content (AvgIpc) is 3.52. The summed E-state index contributed by atoms with van der Waals surface area (Å²) >= 11 is 1.33. The van der Waals surface area contributed by atoms with Gasteiger partial charge in [-0.3, -0.25) is 9.69 Å². The molecule has 5 rings (SSSR count). The lowest BCUT2D eigenvalue weighted by Gasteiger charge is -2.20. The minimum absolute atomic E-state index is 0.125. The van der Waals surface area contributed by atoms with Gasteiger partial charge in [0, 0.05) is 31.0 Å². The Morgan fingerprint density at radius 3 is 2.55 bits per heavy atom. The first-order valence-corrected chi connectivity index (χ1v) is 11.5. The molecule has 0 aliphatic heterocycles. The zero-order valence-electron chi connectivity index (χ0n) is 17.8. The summed E-state index contributed by atoms with van der Waals surface area (Å²) in [5.74, 6) is -0.438. The van der Waals surface area contributed by atoms with E-state index in [4.69, 9.17) is 0 Å². The summed E-state index contributed by atoms with van der Waals surface area (Å²) in [5, 5.41) is 0.568. The first kappa shape index (κ1) is 21.0. The van der Waals surface area contributed by atoms with Crippen molar-refractivity contribution < 1.29 is 9.18 Å². The van der Waals surface area contributed by atoms with Crippen LogP contribution in [0.15, 0.2) is 91.5 Å². The van der Waals surface area contributed by atoms with E-state index in [9.17, 15) is 9.18 Å². The van der Waals surface area contributed by atoms with Crippen LogP contribution in [0.4, 0.5) is 9.52 Å². The van der Waals surface area contributed by atoms with Gasteiger partial charge < -0.3 is 4.57 Å². The number of aryl methyl sites for hydroxylation is 1. The van der Waals surface area contributed by atoms with Crippen LogP contribution >= 0.6 is 11.3 Å². The highest BCUT2D eigenvalue weighted by atomic mass is 32.1. The maximum Gasteiger partial charge on any atom is 0.260 e. The Bertz CT molecular complexity index is 1360. The second-order valence-electron chi connectivity index (χ2n) is 7.66. The Balaban J connectivity index is 1.42. The van der Waals surface area contributed by atoms with Crippen LogP contribution in [-0.2, 0) is 6.54 Å². The van der Waals surface area contributed by atoms with E-state index in [1.807, 2.05) is 65.4 Å². The van der Waals surface area contributed by atoms with E-state index in [1.165, 1.54) is 23.5 Å². The van der Waals surface area contributed by atoms with Crippen LogP contribution in [0.2, 0.25) is 0 Å². The van der Waals surface area contributed by atoms with Gasteiger partial charge in [0.25, 0.3) is 5.91 Å². The molecule has 5 aromatic rings. The lowest BCUT2D eigenvalue weighted by Crippen LogP contribution is -2.32. The van der Waals surface area contributed by atoms with Crippen molar-refractivity contribution in [3.8, 4) is 11.1 Å². The summed E-state index contributed by atoms with van der Waals surface area (Å²) in [5.41, 5.74) is 3.42. The van der Waals surface area contributed by atoms with Crippen molar-refractivity contribution >= 4 is 32.6 Å². The molecule has 3 aromatic carbocycles. The molecule has 164 valence electrons. The van der Waals surface area contributed by atoms with Crippen LogP contribution in [0.1, 0.15) is 16.8 Å². The maximum absolute atomic E-state index is 13.7. The van der Waals surface area contributed by atoms with Gasteiger partial charge in [0.1, 0.15) is 5.82 Å². The minimum Gasteiger partial charge on any atom is -0.337 e. The van der Waals surface area contributed by atoms with E-state index in [0.29, 0.717) is 22.8 Å². The Hall–Kier alpha value is -3.84. The van der Waals surface area contributed by atoms with Crippen LogP contribution in [0, 0.1) is 5.82 Å². The number of thiazole rings is 1. The van der Waals surface area contributed by atoms with Crippen LogP contribution in [-0.4, -0.2) is 27.0 Å². The van der Waals surface area contributed by atoms with E-state index >= 15 is 0 Å². The summed E-state index contributed by atoms with van der Waals surface area (Å²) in [6, 6.07) is 22.2. The van der Waals surface area contributed by atoms with Gasteiger partial charge in [0.15, 0.2) is 5.13 Å². The summed E-state index contributed by atoms with van der Waals surface area (Å²) < 4.78 is 16.4. The highest BCUT2D eigenvalue weighted by molar-refractivity contribution is 7.22. The molecule has 0 saturated heterocycles. The monoisotopic (exact) mass is 456 g/mol. The van der Waals surface area contributed by atoms with Gasteiger partial charge in [0.2, 0.25) is 0 Å². The van der Waals surface area contributed by atoms with Crippen LogP contribution in [0.5, 0.6) is 0 Å². The number of carbonyl (C=O) groups excluding carboxylic acids is 1. The molecule has 0 atom stereocenters. The number of anilines is 1. The molecule has 5 nitrogen and oxygen atoms in total. The quantitative estimate of drug-likeness (QED) is 0.300. The lowest BCUT2D eigenvalue weighted by atomic mass is 10.0. The normalized spacial score (nSPS) is 11.1. The van der Waals surface area contributed by atoms with Gasteiger partial charge in [-0.25, -0.2) is 14.4 Å². The smallest absolute Gasteiger partial charge is 0.260 e. The number of halogens is 1. The molecule has 0 bridgehead atoms. The third-order valence-corrected chi connectivity index (χ3v) is 6.45. The molecule has 0 aliphatic rings. The van der Waals surface area contributed by atoms with E-state index < -0.39 is 0 Å². The van der Waals surface area contributed by atoms with E-state index in [-0.39, 0.29) is 11.7 Å². The number of benzene rings is 3. The third kappa shape index (κ3) is 4.68. The average molecular weight is 457 g/mol. The van der Waals surface area contributed by atoms with Gasteiger partial charge in [0.05, 0.1) is 16.5 Å². The number of amides is 1. The third-order valence-electron chi connectivity index (χ3n) is 5.41. The summed E-state index contributed by atoms with van der Waals surface area (Å²) in [7, 11) is 0. The van der Waals surface area contributed by atoms with Crippen molar-refractivity contribution in [1.82, 2.24) is 14.5 Å². The summed E-state index contributed by atoms with van der Waals surface area (Å²) in [6.45, 7) is 1.22. The summed E-state index contributed by atoms with van der Waals surface area (Å²) in [6.07, 6.45) is 6.12. The molecule has 0 fully saturated rings. The summed E-state index contributed by atoms with van der Waals surface area (Å²) in [4.78, 5) is 23.9. The first-order chi connectivity index (χ1) is 16.2. The molecule has 1 amide bonds. The number of hydrogen-bond donors (Lipinski definition) is 0. The minimum atomic E-state index is -0.313.